The van der Waals surface area contributed by atoms with Gasteiger partial charge in [-0.25, -0.2) is 4.98 Å². The zero-order chi connectivity index (χ0) is 24.5. The molecule has 1 fully saturated rings. The normalized spacial score (nSPS) is 19.1. The first kappa shape index (κ1) is 23.1. The predicted molar refractivity (Wildman–Crippen MR) is 134 cm³/mol. The molecule has 0 bridgehead atoms. The summed E-state index contributed by atoms with van der Waals surface area (Å²) < 4.78 is 1.53. The number of rotatable bonds is 6. The van der Waals surface area contributed by atoms with Crippen molar-refractivity contribution < 1.29 is 15.0 Å². The molecule has 0 radical (unpaired) electrons. The second-order valence-electron chi connectivity index (χ2n) is 9.27. The summed E-state index contributed by atoms with van der Waals surface area (Å²) in [6, 6.07) is 13.9. The lowest BCUT2D eigenvalue weighted by molar-refractivity contribution is 0.0300. The fourth-order valence-electron chi connectivity index (χ4n) is 5.15. The average Bonchev–Trinajstić information content (AvgIpc) is 3.33. The van der Waals surface area contributed by atoms with E-state index in [1.165, 1.54) is 11.4 Å². The minimum absolute atomic E-state index is 0.0460. The molecule has 8 nitrogen and oxygen atoms in total. The maximum Gasteiger partial charge on any atom is 0.165 e. The summed E-state index contributed by atoms with van der Waals surface area (Å²) in [4.78, 5) is 22.2. The summed E-state index contributed by atoms with van der Waals surface area (Å²) in [5.74, 6) is 0.244. The van der Waals surface area contributed by atoms with Crippen molar-refractivity contribution in [3.63, 3.8) is 0 Å². The van der Waals surface area contributed by atoms with Crippen LogP contribution in [0.25, 0.3) is 28.0 Å². The Labute approximate surface area is 203 Å². The molecular weight excluding hydrogens is 442 g/mol. The van der Waals surface area contributed by atoms with Crippen LogP contribution in [0.15, 0.2) is 54.9 Å². The van der Waals surface area contributed by atoms with Crippen LogP contribution < -0.4 is 5.73 Å². The first-order valence-corrected chi connectivity index (χ1v) is 12.0. The molecule has 1 saturated carbocycles. The minimum atomic E-state index is -0.712. The van der Waals surface area contributed by atoms with Crippen LogP contribution in [0.2, 0.25) is 0 Å². The van der Waals surface area contributed by atoms with E-state index < -0.39 is 6.10 Å². The number of hydrogen-bond donors (Lipinski definition) is 3. The number of aromatic nitrogens is 4. The first-order valence-electron chi connectivity index (χ1n) is 12.0. The number of ketones is 1. The van der Waals surface area contributed by atoms with Crippen molar-refractivity contribution in [2.24, 2.45) is 5.92 Å². The van der Waals surface area contributed by atoms with Gasteiger partial charge in [-0.15, -0.1) is 0 Å². The van der Waals surface area contributed by atoms with Gasteiger partial charge < -0.3 is 15.9 Å². The second-order valence-corrected chi connectivity index (χ2v) is 9.27. The van der Waals surface area contributed by atoms with Gasteiger partial charge in [-0.3, -0.25) is 9.78 Å². The molecule has 3 heterocycles. The number of nitrogens with zero attached hydrogens (tertiary/aromatic N) is 4. The molecule has 180 valence electrons. The van der Waals surface area contributed by atoms with Gasteiger partial charge in [-0.05, 0) is 44.6 Å². The second kappa shape index (κ2) is 9.56. The molecule has 1 aromatic carbocycles. The van der Waals surface area contributed by atoms with Crippen LogP contribution in [0.4, 0.5) is 5.82 Å². The van der Waals surface area contributed by atoms with Crippen molar-refractivity contribution in [3.05, 3.63) is 66.1 Å². The third-order valence-electron chi connectivity index (χ3n) is 7.10. The van der Waals surface area contributed by atoms with Crippen LogP contribution in [-0.4, -0.2) is 48.3 Å². The zero-order valence-electron chi connectivity index (χ0n) is 19.6. The van der Waals surface area contributed by atoms with Crippen LogP contribution in [-0.2, 0) is 0 Å². The van der Waals surface area contributed by atoms with Crippen LogP contribution in [0.3, 0.4) is 0 Å². The monoisotopic (exact) mass is 471 g/mol. The summed E-state index contributed by atoms with van der Waals surface area (Å²) in [5, 5.41) is 23.8. The molecule has 1 aliphatic carbocycles. The van der Waals surface area contributed by atoms with Crippen molar-refractivity contribution in [2.75, 3.05) is 12.3 Å². The first-order chi connectivity index (χ1) is 17.0. The SMILES string of the molecule is CC(=O)c1c(N)n2ncc(-c3ccc(-c4ccccc4)nc3)c2nc1[C@H]1CC[C@H]([C@@H](O)CO)CC1. The number of hydrogen-bond acceptors (Lipinski definition) is 7. The van der Waals surface area contributed by atoms with Gasteiger partial charge in [0.25, 0.3) is 0 Å². The lowest BCUT2D eigenvalue weighted by Gasteiger charge is -2.31. The molecular formula is C27H29N5O3. The van der Waals surface area contributed by atoms with Gasteiger partial charge >= 0.3 is 0 Å². The average molecular weight is 472 g/mol. The lowest BCUT2D eigenvalue weighted by Crippen LogP contribution is -2.28. The Morgan fingerprint density at radius 2 is 1.83 bits per heavy atom. The summed E-state index contributed by atoms with van der Waals surface area (Å²) in [6.45, 7) is 1.27. The molecule has 0 aliphatic heterocycles. The highest BCUT2D eigenvalue weighted by atomic mass is 16.3. The van der Waals surface area contributed by atoms with Gasteiger partial charge in [-0.1, -0.05) is 36.4 Å². The van der Waals surface area contributed by atoms with E-state index in [-0.39, 0.29) is 30.0 Å². The third kappa shape index (κ3) is 4.31. The van der Waals surface area contributed by atoms with Crippen LogP contribution in [0.1, 0.15) is 54.6 Å². The van der Waals surface area contributed by atoms with Crippen molar-refractivity contribution >= 4 is 17.2 Å². The van der Waals surface area contributed by atoms with Crippen molar-refractivity contribution in [1.29, 1.82) is 0 Å². The van der Waals surface area contributed by atoms with Gasteiger partial charge in [0.1, 0.15) is 5.82 Å². The Morgan fingerprint density at radius 1 is 1.09 bits per heavy atom. The molecule has 0 saturated heterocycles. The Hall–Kier alpha value is -3.62. The third-order valence-corrected chi connectivity index (χ3v) is 7.10. The lowest BCUT2D eigenvalue weighted by atomic mass is 9.77. The number of anilines is 1. The molecule has 4 N–H and O–H groups in total. The van der Waals surface area contributed by atoms with E-state index in [0.717, 1.165) is 48.1 Å². The number of fused-ring (bicyclic) bond motifs is 1. The molecule has 5 rings (SSSR count). The molecule has 0 spiro atoms. The highest BCUT2D eigenvalue weighted by molar-refractivity contribution is 6.00. The summed E-state index contributed by atoms with van der Waals surface area (Å²) in [6.07, 6.45) is 5.85. The maximum absolute atomic E-state index is 12.6. The number of benzene rings is 1. The van der Waals surface area contributed by atoms with Crippen LogP contribution >= 0.6 is 0 Å². The zero-order valence-corrected chi connectivity index (χ0v) is 19.6. The summed E-state index contributed by atoms with van der Waals surface area (Å²) in [7, 11) is 0. The van der Waals surface area contributed by atoms with E-state index in [1.807, 2.05) is 42.5 Å². The van der Waals surface area contributed by atoms with E-state index in [1.54, 1.807) is 12.4 Å². The van der Waals surface area contributed by atoms with E-state index >= 15 is 0 Å². The minimum Gasteiger partial charge on any atom is -0.394 e. The number of aliphatic hydroxyl groups excluding tert-OH is 2. The number of aliphatic hydroxyl groups is 2. The number of pyridine rings is 1. The van der Waals surface area contributed by atoms with Gasteiger partial charge in [0, 0.05) is 28.8 Å². The predicted octanol–water partition coefficient (Wildman–Crippen LogP) is 3.87. The largest absolute Gasteiger partial charge is 0.394 e. The Kier molecular flexibility index (Phi) is 6.32. The molecule has 1 aliphatic rings. The Balaban J connectivity index is 1.53. The fourth-order valence-corrected chi connectivity index (χ4v) is 5.15. The summed E-state index contributed by atoms with van der Waals surface area (Å²) in [5.41, 5.74) is 11.7. The molecule has 0 amide bonds. The number of carbonyl (C=O) groups is 1. The molecule has 35 heavy (non-hydrogen) atoms. The number of nitrogens with two attached hydrogens (primary N) is 1. The molecule has 0 unspecified atom stereocenters. The van der Waals surface area contributed by atoms with Crippen LogP contribution in [0, 0.1) is 5.92 Å². The molecule has 4 aromatic rings. The van der Waals surface area contributed by atoms with Crippen molar-refractivity contribution in [3.8, 4) is 22.4 Å². The quantitative estimate of drug-likeness (QED) is 0.364. The van der Waals surface area contributed by atoms with Gasteiger partial charge in [0.2, 0.25) is 0 Å². The van der Waals surface area contributed by atoms with E-state index in [9.17, 15) is 15.0 Å². The van der Waals surface area contributed by atoms with E-state index in [2.05, 4.69) is 10.1 Å². The molecule has 3 aromatic heterocycles. The fraction of sp³-hybridized carbons (Fsp3) is 0.333. The number of Topliss-reactive ketones (excluding diaryl/α,β-unsaturated/α-hetero) is 1. The smallest absolute Gasteiger partial charge is 0.165 e. The highest BCUT2D eigenvalue weighted by Gasteiger charge is 2.31. The molecule has 1 atom stereocenters. The van der Waals surface area contributed by atoms with E-state index in [0.29, 0.717) is 16.9 Å². The summed E-state index contributed by atoms with van der Waals surface area (Å²) >= 11 is 0. The van der Waals surface area contributed by atoms with Crippen molar-refractivity contribution in [2.45, 2.75) is 44.6 Å². The van der Waals surface area contributed by atoms with Gasteiger partial charge in [0.15, 0.2) is 11.4 Å². The van der Waals surface area contributed by atoms with Gasteiger partial charge in [0.05, 0.1) is 35.9 Å². The Bertz CT molecular complexity index is 1340. The maximum atomic E-state index is 12.6. The Morgan fingerprint density at radius 3 is 2.46 bits per heavy atom. The number of nitrogen functional groups attached to an aromatic ring is 1. The molecule has 8 heteroatoms. The van der Waals surface area contributed by atoms with Gasteiger partial charge in [-0.2, -0.15) is 9.61 Å². The highest BCUT2D eigenvalue weighted by Crippen LogP contribution is 2.40. The number of carbonyl (C=O) groups excluding carboxylic acids is 1. The van der Waals surface area contributed by atoms with Crippen LogP contribution in [0.5, 0.6) is 0 Å². The standard InChI is InChI=1S/C27H29N5O3/c1-16(34)24-25(19-9-7-18(8-10-19)23(35)15-33)31-27-21(14-30-32(27)26(24)28)20-11-12-22(29-13-20)17-5-3-2-4-6-17/h2-6,11-14,18-19,23,33,35H,7-10,15,28H2,1H3/t18-,19-,23-/m0/s1. The van der Waals surface area contributed by atoms with Crippen molar-refractivity contribution in [1.82, 2.24) is 19.6 Å². The topological polar surface area (TPSA) is 127 Å². The van der Waals surface area contributed by atoms with E-state index in [4.69, 9.17) is 10.7 Å².